The van der Waals surface area contributed by atoms with Crippen molar-refractivity contribution in [3.05, 3.63) is 76.9 Å². The Morgan fingerprint density at radius 1 is 1.08 bits per heavy atom. The first-order valence-electron chi connectivity index (χ1n) is 7.97. The van der Waals surface area contributed by atoms with Crippen LogP contribution in [-0.4, -0.2) is 11.1 Å². The molecule has 0 aromatic heterocycles. The summed E-state index contributed by atoms with van der Waals surface area (Å²) < 4.78 is 0. The smallest absolute Gasteiger partial charge is 0.330 e. The van der Waals surface area contributed by atoms with Gasteiger partial charge in [-0.3, -0.25) is 0 Å². The summed E-state index contributed by atoms with van der Waals surface area (Å²) in [6.07, 6.45) is 7.72. The second-order valence-corrected chi connectivity index (χ2v) is 5.54. The van der Waals surface area contributed by atoms with Gasteiger partial charge in [0.25, 0.3) is 0 Å². The van der Waals surface area contributed by atoms with Gasteiger partial charge in [-0.2, -0.15) is 5.26 Å². The molecule has 25 heavy (non-hydrogen) atoms. The monoisotopic (exact) mass is 332 g/mol. The van der Waals surface area contributed by atoms with Crippen LogP contribution in [0.5, 0.6) is 0 Å². The van der Waals surface area contributed by atoms with Crippen LogP contribution in [0.4, 0.5) is 5.69 Å². The molecule has 0 bridgehead atoms. The first-order chi connectivity index (χ1) is 12.1. The van der Waals surface area contributed by atoms with Crippen molar-refractivity contribution in [1.29, 1.82) is 5.26 Å². The Morgan fingerprint density at radius 3 is 2.08 bits per heavy atom. The van der Waals surface area contributed by atoms with Crippen LogP contribution in [0.1, 0.15) is 42.1 Å². The van der Waals surface area contributed by atoms with Gasteiger partial charge in [0.05, 0.1) is 11.6 Å². The first kappa shape index (κ1) is 18.0. The van der Waals surface area contributed by atoms with Crippen LogP contribution in [0.25, 0.3) is 12.2 Å². The van der Waals surface area contributed by atoms with Gasteiger partial charge in [0.1, 0.15) is 0 Å². The number of anilines is 1. The first-order valence-corrected chi connectivity index (χ1v) is 7.97. The lowest BCUT2D eigenvalue weighted by Crippen LogP contribution is -2.20. The fourth-order valence-electron chi connectivity index (χ4n) is 2.54. The van der Waals surface area contributed by atoms with Crippen LogP contribution in [-0.2, 0) is 4.79 Å². The SMILES string of the molecule is C/C=C\c1cc(/C=C\C)cc(C(Nc2ccc(C#N)cc2)C(=O)O)c1. The molecule has 2 aromatic rings. The highest BCUT2D eigenvalue weighted by Gasteiger charge is 2.20. The lowest BCUT2D eigenvalue weighted by atomic mass is 9.99. The van der Waals surface area contributed by atoms with Crippen molar-refractivity contribution in [3.63, 3.8) is 0 Å². The Morgan fingerprint density at radius 2 is 1.64 bits per heavy atom. The van der Waals surface area contributed by atoms with E-state index in [4.69, 9.17) is 5.26 Å². The molecule has 0 heterocycles. The molecule has 0 saturated heterocycles. The topological polar surface area (TPSA) is 73.1 Å². The largest absolute Gasteiger partial charge is 0.479 e. The quantitative estimate of drug-likeness (QED) is 0.792. The number of aliphatic carboxylic acids is 1. The minimum absolute atomic E-state index is 0.530. The predicted molar refractivity (Wildman–Crippen MR) is 101 cm³/mol. The van der Waals surface area contributed by atoms with E-state index in [9.17, 15) is 9.90 Å². The van der Waals surface area contributed by atoms with Crippen LogP contribution < -0.4 is 5.32 Å². The average molecular weight is 332 g/mol. The number of carbonyl (C=O) groups is 1. The predicted octanol–water partition coefficient (Wildman–Crippen LogP) is 4.86. The second-order valence-electron chi connectivity index (χ2n) is 5.54. The van der Waals surface area contributed by atoms with Gasteiger partial charge < -0.3 is 10.4 Å². The Kier molecular flexibility index (Phi) is 6.14. The third kappa shape index (κ3) is 4.82. The molecule has 4 nitrogen and oxygen atoms in total. The molecule has 4 heteroatoms. The molecule has 2 N–H and O–H groups in total. The maximum Gasteiger partial charge on any atom is 0.330 e. The average Bonchev–Trinajstić information content (AvgIpc) is 2.60. The maximum atomic E-state index is 11.8. The van der Waals surface area contributed by atoms with Crippen LogP contribution in [0, 0.1) is 11.3 Å². The Labute approximate surface area is 147 Å². The van der Waals surface area contributed by atoms with Crippen molar-refractivity contribution in [1.82, 2.24) is 0 Å². The highest BCUT2D eigenvalue weighted by atomic mass is 16.4. The summed E-state index contributed by atoms with van der Waals surface area (Å²) in [7, 11) is 0. The fourth-order valence-corrected chi connectivity index (χ4v) is 2.54. The summed E-state index contributed by atoms with van der Waals surface area (Å²) in [6, 6.07) is 13.6. The van der Waals surface area contributed by atoms with Gasteiger partial charge in [0.2, 0.25) is 0 Å². The molecule has 0 aliphatic rings. The third-order valence-corrected chi connectivity index (χ3v) is 3.62. The Balaban J connectivity index is 2.41. The minimum Gasteiger partial charge on any atom is -0.479 e. The van der Waals surface area contributed by atoms with Crippen LogP contribution in [0.2, 0.25) is 0 Å². The normalized spacial score (nSPS) is 12.2. The van der Waals surface area contributed by atoms with Crippen LogP contribution in [0.15, 0.2) is 54.6 Å². The Bertz CT molecular complexity index is 813. The zero-order valence-electron chi connectivity index (χ0n) is 14.2. The van der Waals surface area contributed by atoms with E-state index in [1.165, 1.54) is 0 Å². The maximum absolute atomic E-state index is 11.8. The molecule has 0 radical (unpaired) electrons. The molecular weight excluding hydrogens is 312 g/mol. The highest BCUT2D eigenvalue weighted by Crippen LogP contribution is 2.24. The van der Waals surface area contributed by atoms with Gasteiger partial charge >= 0.3 is 5.97 Å². The van der Waals surface area contributed by atoms with Crippen LogP contribution >= 0.6 is 0 Å². The van der Waals surface area contributed by atoms with Crippen molar-refractivity contribution in [2.75, 3.05) is 5.32 Å². The van der Waals surface area contributed by atoms with Crippen LogP contribution in [0.3, 0.4) is 0 Å². The molecule has 1 unspecified atom stereocenters. The fraction of sp³-hybridized carbons (Fsp3) is 0.143. The van der Waals surface area contributed by atoms with Crippen molar-refractivity contribution in [2.45, 2.75) is 19.9 Å². The number of nitrogens with one attached hydrogen (secondary N) is 1. The van der Waals surface area contributed by atoms with Gasteiger partial charge in [-0.1, -0.05) is 24.3 Å². The summed E-state index contributed by atoms with van der Waals surface area (Å²) >= 11 is 0. The molecule has 2 aromatic carbocycles. The molecule has 1 atom stereocenters. The minimum atomic E-state index is -0.964. The summed E-state index contributed by atoms with van der Waals surface area (Å²) in [4.78, 5) is 11.8. The summed E-state index contributed by atoms with van der Waals surface area (Å²) in [6.45, 7) is 3.84. The van der Waals surface area contributed by atoms with Crippen molar-refractivity contribution in [2.24, 2.45) is 0 Å². The number of hydrogen-bond donors (Lipinski definition) is 2. The van der Waals surface area contributed by atoms with Crippen molar-refractivity contribution < 1.29 is 9.90 Å². The number of carboxylic acids is 1. The van der Waals surface area contributed by atoms with Crippen molar-refractivity contribution in [3.8, 4) is 6.07 Å². The molecule has 0 fully saturated rings. The molecule has 0 spiro atoms. The van der Waals surface area contributed by atoms with Crippen molar-refractivity contribution >= 4 is 23.8 Å². The second kappa shape index (κ2) is 8.51. The molecule has 0 aliphatic carbocycles. The number of nitrogens with zero attached hydrogens (tertiary/aromatic N) is 1. The highest BCUT2D eigenvalue weighted by molar-refractivity contribution is 5.80. The van der Waals surface area contributed by atoms with E-state index < -0.39 is 12.0 Å². The number of hydrogen-bond acceptors (Lipinski definition) is 3. The van der Waals surface area contributed by atoms with E-state index in [0.717, 1.165) is 11.1 Å². The van der Waals surface area contributed by atoms with Gasteiger partial charge in [-0.15, -0.1) is 0 Å². The Hall–Kier alpha value is -3.32. The molecule has 0 saturated carbocycles. The number of rotatable bonds is 6. The van der Waals surface area contributed by atoms with E-state index in [2.05, 4.69) is 5.32 Å². The zero-order chi connectivity index (χ0) is 18.2. The summed E-state index contributed by atoms with van der Waals surface area (Å²) in [5.41, 5.74) is 3.74. The van der Waals surface area contributed by atoms with Gasteiger partial charge in [0.15, 0.2) is 6.04 Å². The number of allylic oxidation sites excluding steroid dienone is 2. The van der Waals surface area contributed by atoms with E-state index in [-0.39, 0.29) is 0 Å². The third-order valence-electron chi connectivity index (χ3n) is 3.62. The van der Waals surface area contributed by atoms with Gasteiger partial charge in [-0.05, 0) is 73.0 Å². The number of carboxylic acid groups (broad SMARTS) is 1. The van der Waals surface area contributed by atoms with E-state index in [0.29, 0.717) is 16.8 Å². The molecule has 2 rings (SSSR count). The van der Waals surface area contributed by atoms with Gasteiger partial charge in [0, 0.05) is 5.69 Å². The molecule has 0 amide bonds. The van der Waals surface area contributed by atoms with E-state index >= 15 is 0 Å². The number of benzene rings is 2. The van der Waals surface area contributed by atoms with Gasteiger partial charge in [-0.25, -0.2) is 4.79 Å². The summed E-state index contributed by atoms with van der Waals surface area (Å²) in [5, 5.41) is 21.6. The zero-order valence-corrected chi connectivity index (χ0v) is 14.2. The molecule has 126 valence electrons. The number of nitriles is 1. The lowest BCUT2D eigenvalue weighted by Gasteiger charge is -2.17. The van der Waals surface area contributed by atoms with E-state index in [1.54, 1.807) is 24.3 Å². The molecule has 0 aliphatic heterocycles. The molecular formula is C21H20N2O2. The standard InChI is InChI=1S/C21H20N2O2/c1-3-5-16-11-17(6-4-2)13-18(12-16)20(21(24)25)23-19-9-7-15(14-22)8-10-19/h3-13,20,23H,1-2H3,(H,24,25)/b5-3-,6-4-. The van der Waals surface area contributed by atoms with E-state index in [1.807, 2.05) is 62.4 Å². The lowest BCUT2D eigenvalue weighted by molar-refractivity contribution is -0.138. The summed E-state index contributed by atoms with van der Waals surface area (Å²) in [5.74, 6) is -0.964.